The second kappa shape index (κ2) is 5.46. The lowest BCUT2D eigenvalue weighted by Crippen LogP contribution is -2.26. The van der Waals surface area contributed by atoms with E-state index in [2.05, 4.69) is 0 Å². The summed E-state index contributed by atoms with van der Waals surface area (Å²) in [4.78, 5) is 24.5. The fraction of sp³-hybridized carbons (Fsp3) is 0.111. The number of hydrogen-bond acceptors (Lipinski definition) is 3. The Morgan fingerprint density at radius 2 is 1.48 bits per heavy atom. The number of aliphatic hydroxyl groups is 1. The Morgan fingerprint density at radius 1 is 0.857 bits per heavy atom. The van der Waals surface area contributed by atoms with Gasteiger partial charge in [0.1, 0.15) is 0 Å². The predicted molar refractivity (Wildman–Crippen MR) is 79.3 cm³/mol. The molecule has 104 valence electrons. The van der Waals surface area contributed by atoms with Gasteiger partial charge in [0.15, 0.2) is 11.6 Å². The van der Waals surface area contributed by atoms with Crippen molar-refractivity contribution in [1.29, 1.82) is 0 Å². The highest BCUT2D eigenvalue weighted by Crippen LogP contribution is 2.24. The van der Waals surface area contributed by atoms with Gasteiger partial charge in [-0.25, -0.2) is 0 Å². The number of ketones is 2. The number of Topliss-reactive ketones (excluding diaryl/α,β-unsaturated/α-hetero) is 1. The van der Waals surface area contributed by atoms with E-state index in [1.165, 1.54) is 6.08 Å². The number of allylic oxidation sites excluding steroid dienone is 1. The molecule has 3 nitrogen and oxygen atoms in total. The molecule has 3 rings (SSSR count). The first kappa shape index (κ1) is 13.5. The molecule has 0 heterocycles. The summed E-state index contributed by atoms with van der Waals surface area (Å²) in [5, 5.41) is 10.3. The molecule has 0 saturated heterocycles. The van der Waals surface area contributed by atoms with E-state index in [0.717, 1.165) is 5.56 Å². The van der Waals surface area contributed by atoms with Crippen LogP contribution in [0.25, 0.3) is 0 Å². The first-order valence-electron chi connectivity index (χ1n) is 6.78. The van der Waals surface area contributed by atoms with Gasteiger partial charge in [-0.2, -0.15) is 0 Å². The zero-order valence-electron chi connectivity index (χ0n) is 11.3. The Bertz CT molecular complexity index is 729. The molecule has 2 aromatic rings. The number of aliphatic hydroxyl groups excluding tert-OH is 1. The minimum Gasteiger partial charge on any atom is -0.388 e. The topological polar surface area (TPSA) is 54.4 Å². The second-order valence-electron chi connectivity index (χ2n) is 5.04. The summed E-state index contributed by atoms with van der Waals surface area (Å²) in [6, 6.07) is 16.1. The maximum absolute atomic E-state index is 12.4. The summed E-state index contributed by atoms with van der Waals surface area (Å²) >= 11 is 0. The van der Waals surface area contributed by atoms with Crippen molar-refractivity contribution in [3.63, 3.8) is 0 Å². The van der Waals surface area contributed by atoms with Crippen LogP contribution in [0.5, 0.6) is 0 Å². The lowest BCUT2D eigenvalue weighted by atomic mass is 9.85. The van der Waals surface area contributed by atoms with Crippen molar-refractivity contribution in [2.24, 2.45) is 0 Å². The van der Waals surface area contributed by atoms with Crippen LogP contribution in [0.2, 0.25) is 0 Å². The number of carbonyl (C=O) groups is 2. The zero-order chi connectivity index (χ0) is 14.8. The molecule has 2 aromatic carbocycles. The number of rotatable bonds is 3. The van der Waals surface area contributed by atoms with Crippen LogP contribution in [0.15, 0.2) is 66.2 Å². The summed E-state index contributed by atoms with van der Waals surface area (Å²) in [7, 11) is 0. The van der Waals surface area contributed by atoms with Crippen LogP contribution in [0.1, 0.15) is 26.3 Å². The molecular weight excluding hydrogens is 264 g/mol. The zero-order valence-corrected chi connectivity index (χ0v) is 11.3. The van der Waals surface area contributed by atoms with Gasteiger partial charge in [0, 0.05) is 23.1 Å². The predicted octanol–water partition coefficient (Wildman–Crippen LogP) is 2.60. The Kier molecular flexibility index (Phi) is 3.50. The lowest BCUT2D eigenvalue weighted by Gasteiger charge is -2.19. The molecule has 0 aliphatic heterocycles. The summed E-state index contributed by atoms with van der Waals surface area (Å²) in [6.45, 7) is 0. The van der Waals surface area contributed by atoms with Crippen molar-refractivity contribution in [3.05, 3.63) is 82.9 Å². The smallest absolute Gasteiger partial charge is 0.192 e. The van der Waals surface area contributed by atoms with Gasteiger partial charge in [-0.1, -0.05) is 54.6 Å². The van der Waals surface area contributed by atoms with Gasteiger partial charge in [-0.15, -0.1) is 0 Å². The van der Waals surface area contributed by atoms with Crippen molar-refractivity contribution in [3.8, 4) is 0 Å². The molecule has 1 atom stereocenters. The third kappa shape index (κ3) is 2.56. The molecule has 0 spiro atoms. The largest absolute Gasteiger partial charge is 0.388 e. The highest BCUT2D eigenvalue weighted by Gasteiger charge is 2.29. The van der Waals surface area contributed by atoms with Crippen molar-refractivity contribution < 1.29 is 14.7 Å². The molecule has 1 N–H and O–H groups in total. The molecule has 0 aromatic heterocycles. The molecule has 1 aliphatic carbocycles. The van der Waals surface area contributed by atoms with E-state index in [0.29, 0.717) is 17.5 Å². The van der Waals surface area contributed by atoms with Gasteiger partial charge in [0.05, 0.1) is 6.10 Å². The van der Waals surface area contributed by atoms with Gasteiger partial charge in [-0.05, 0) is 11.6 Å². The lowest BCUT2D eigenvalue weighted by molar-refractivity contribution is 0.0947. The van der Waals surface area contributed by atoms with Gasteiger partial charge in [0.25, 0.3) is 0 Å². The van der Waals surface area contributed by atoms with E-state index >= 15 is 0 Å². The molecule has 0 amide bonds. The Morgan fingerprint density at radius 3 is 2.19 bits per heavy atom. The van der Waals surface area contributed by atoms with E-state index < -0.39 is 6.10 Å². The van der Waals surface area contributed by atoms with Gasteiger partial charge >= 0.3 is 0 Å². The molecule has 0 bridgehead atoms. The van der Waals surface area contributed by atoms with Crippen LogP contribution in [-0.2, 0) is 6.42 Å². The number of hydrogen-bond donors (Lipinski definition) is 1. The number of carbonyl (C=O) groups excluding carboxylic acids is 2. The molecular formula is C18H14O3. The normalized spacial score (nSPS) is 15.4. The van der Waals surface area contributed by atoms with Crippen LogP contribution in [0.4, 0.5) is 0 Å². The molecule has 3 heteroatoms. The second-order valence-corrected chi connectivity index (χ2v) is 5.04. The summed E-state index contributed by atoms with van der Waals surface area (Å²) in [5.74, 6) is -0.499. The molecule has 1 aliphatic rings. The van der Waals surface area contributed by atoms with Crippen LogP contribution in [0, 0.1) is 0 Å². The highest BCUT2D eigenvalue weighted by atomic mass is 16.3. The molecule has 0 radical (unpaired) electrons. The molecule has 0 fully saturated rings. The van der Waals surface area contributed by atoms with Crippen molar-refractivity contribution in [2.45, 2.75) is 12.5 Å². The minimum absolute atomic E-state index is 0.169. The molecule has 0 saturated carbocycles. The van der Waals surface area contributed by atoms with Crippen LogP contribution in [-0.4, -0.2) is 22.8 Å². The van der Waals surface area contributed by atoms with Gasteiger partial charge in [-0.3, -0.25) is 9.59 Å². The maximum atomic E-state index is 12.4. The minimum atomic E-state index is -0.975. The average molecular weight is 278 g/mol. The molecule has 21 heavy (non-hydrogen) atoms. The fourth-order valence-corrected chi connectivity index (χ4v) is 2.53. The first-order valence-corrected chi connectivity index (χ1v) is 6.78. The first-order chi connectivity index (χ1) is 10.2. The Labute approximate surface area is 122 Å². The van der Waals surface area contributed by atoms with Crippen molar-refractivity contribution in [2.75, 3.05) is 0 Å². The Hall–Kier alpha value is -2.52. The third-order valence-electron chi connectivity index (χ3n) is 3.62. The van der Waals surface area contributed by atoms with Crippen LogP contribution < -0.4 is 0 Å². The molecule has 0 unspecified atom stereocenters. The van der Waals surface area contributed by atoms with Crippen LogP contribution >= 0.6 is 0 Å². The third-order valence-corrected chi connectivity index (χ3v) is 3.62. The van der Waals surface area contributed by atoms with E-state index in [1.807, 2.05) is 30.3 Å². The SMILES string of the molecule is O=C1C=C([C@@H](O)Cc2ccccc2)C(=O)c2ccccc21. The number of fused-ring (bicyclic) bond motifs is 1. The van der Waals surface area contributed by atoms with Crippen LogP contribution in [0.3, 0.4) is 0 Å². The van der Waals surface area contributed by atoms with E-state index in [1.54, 1.807) is 24.3 Å². The summed E-state index contributed by atoms with van der Waals surface area (Å²) in [5.41, 5.74) is 1.86. The summed E-state index contributed by atoms with van der Waals surface area (Å²) in [6.07, 6.45) is 0.601. The Balaban J connectivity index is 1.90. The van der Waals surface area contributed by atoms with E-state index in [4.69, 9.17) is 0 Å². The average Bonchev–Trinajstić information content (AvgIpc) is 2.52. The van der Waals surface area contributed by atoms with Crippen molar-refractivity contribution in [1.82, 2.24) is 0 Å². The standard InChI is InChI=1S/C18H14O3/c19-16(10-12-6-2-1-3-7-12)15-11-17(20)13-8-4-5-9-14(13)18(15)21/h1-9,11,16,19H,10H2/t16-/m0/s1. The number of benzene rings is 2. The van der Waals surface area contributed by atoms with E-state index in [-0.39, 0.29) is 17.1 Å². The monoisotopic (exact) mass is 278 g/mol. The van der Waals surface area contributed by atoms with Gasteiger partial charge < -0.3 is 5.11 Å². The van der Waals surface area contributed by atoms with Gasteiger partial charge in [0.2, 0.25) is 0 Å². The van der Waals surface area contributed by atoms with Crippen molar-refractivity contribution >= 4 is 11.6 Å². The fourth-order valence-electron chi connectivity index (χ4n) is 2.53. The van der Waals surface area contributed by atoms with E-state index in [9.17, 15) is 14.7 Å². The highest BCUT2D eigenvalue weighted by molar-refractivity contribution is 6.24. The quantitative estimate of drug-likeness (QED) is 0.939. The maximum Gasteiger partial charge on any atom is 0.192 e. The summed E-state index contributed by atoms with van der Waals surface area (Å²) < 4.78 is 0.